The van der Waals surface area contributed by atoms with E-state index in [9.17, 15) is 4.79 Å². The maximum atomic E-state index is 11.0. The van der Waals surface area contributed by atoms with Gasteiger partial charge >= 0.3 is 0 Å². The van der Waals surface area contributed by atoms with Crippen LogP contribution in [0.4, 0.5) is 0 Å². The summed E-state index contributed by atoms with van der Waals surface area (Å²) in [5.74, 6) is 0.474. The molecule has 0 spiro atoms. The molecule has 1 amide bonds. The number of amides is 1. The molecule has 74 valence electrons. The van der Waals surface area contributed by atoms with Crippen molar-refractivity contribution in [3.63, 3.8) is 0 Å². The van der Waals surface area contributed by atoms with Crippen molar-refractivity contribution in [2.75, 3.05) is 0 Å². The first-order chi connectivity index (χ1) is 6.77. The summed E-state index contributed by atoms with van der Waals surface area (Å²) in [6.45, 7) is 0. The van der Waals surface area contributed by atoms with E-state index >= 15 is 0 Å². The van der Waals surface area contributed by atoms with Crippen LogP contribution in [0.15, 0.2) is 30.3 Å². The van der Waals surface area contributed by atoms with E-state index in [2.05, 4.69) is 12.1 Å². The van der Waals surface area contributed by atoms with E-state index < -0.39 is 0 Å². The van der Waals surface area contributed by atoms with Crippen molar-refractivity contribution in [3.8, 4) is 0 Å². The molecule has 1 aromatic rings. The molecular weight excluding hydrogens is 174 g/mol. The molecule has 0 saturated heterocycles. The molecule has 1 saturated carbocycles. The minimum Gasteiger partial charge on any atom is -0.369 e. The van der Waals surface area contributed by atoms with Crippen molar-refractivity contribution in [1.29, 1.82) is 0 Å². The summed E-state index contributed by atoms with van der Waals surface area (Å²) in [7, 11) is 0. The van der Waals surface area contributed by atoms with Crippen molar-refractivity contribution in [1.82, 2.24) is 0 Å². The standard InChI is InChI=1S/C12H15NO/c13-12(14)11-7-6-10(11)8-9-4-2-1-3-5-9/h1-5,10-11H,6-8H2,(H2,13,14). The van der Waals surface area contributed by atoms with Gasteiger partial charge < -0.3 is 5.73 Å². The second-order valence-corrected chi connectivity index (χ2v) is 4.04. The van der Waals surface area contributed by atoms with E-state index in [-0.39, 0.29) is 11.8 Å². The number of hydrogen-bond acceptors (Lipinski definition) is 1. The molecule has 1 fully saturated rings. The molecule has 2 nitrogen and oxygen atoms in total. The third-order valence-electron chi connectivity index (χ3n) is 3.12. The van der Waals surface area contributed by atoms with Gasteiger partial charge in [-0.15, -0.1) is 0 Å². The normalized spacial score (nSPS) is 25.4. The van der Waals surface area contributed by atoms with Crippen LogP contribution in [0.3, 0.4) is 0 Å². The minimum absolute atomic E-state index is 0.121. The van der Waals surface area contributed by atoms with Crippen LogP contribution in [0.5, 0.6) is 0 Å². The highest BCUT2D eigenvalue weighted by atomic mass is 16.1. The Morgan fingerprint density at radius 1 is 1.29 bits per heavy atom. The largest absolute Gasteiger partial charge is 0.369 e. The molecule has 0 aromatic heterocycles. The van der Waals surface area contributed by atoms with E-state index in [1.807, 2.05) is 18.2 Å². The first-order valence-electron chi connectivity index (χ1n) is 5.10. The fourth-order valence-electron chi connectivity index (χ4n) is 2.10. The number of nitrogens with two attached hydrogens (primary N) is 1. The van der Waals surface area contributed by atoms with Gasteiger partial charge in [-0.25, -0.2) is 0 Å². The predicted octanol–water partition coefficient (Wildman–Crippen LogP) is 1.74. The summed E-state index contributed by atoms with van der Waals surface area (Å²) >= 11 is 0. The maximum Gasteiger partial charge on any atom is 0.220 e. The van der Waals surface area contributed by atoms with Crippen LogP contribution in [0, 0.1) is 11.8 Å². The fourth-order valence-corrected chi connectivity index (χ4v) is 2.10. The molecular formula is C12H15NO. The van der Waals surface area contributed by atoms with Crippen LogP contribution in [0.1, 0.15) is 18.4 Å². The summed E-state index contributed by atoms with van der Waals surface area (Å²) < 4.78 is 0. The van der Waals surface area contributed by atoms with E-state index in [0.717, 1.165) is 19.3 Å². The van der Waals surface area contributed by atoms with E-state index in [1.54, 1.807) is 0 Å². The van der Waals surface area contributed by atoms with Gasteiger partial charge in [0.1, 0.15) is 0 Å². The molecule has 1 aliphatic rings. The third kappa shape index (κ3) is 1.79. The molecule has 2 heteroatoms. The van der Waals surface area contributed by atoms with Gasteiger partial charge in [0, 0.05) is 5.92 Å². The van der Waals surface area contributed by atoms with Crippen molar-refractivity contribution in [2.45, 2.75) is 19.3 Å². The summed E-state index contributed by atoms with van der Waals surface area (Å²) in [4.78, 5) is 11.0. The maximum absolute atomic E-state index is 11.0. The lowest BCUT2D eigenvalue weighted by Gasteiger charge is -2.34. The van der Waals surface area contributed by atoms with Gasteiger partial charge in [0.2, 0.25) is 5.91 Å². The van der Waals surface area contributed by atoms with Gasteiger partial charge in [0.25, 0.3) is 0 Å². The predicted molar refractivity (Wildman–Crippen MR) is 55.6 cm³/mol. The third-order valence-corrected chi connectivity index (χ3v) is 3.12. The average Bonchev–Trinajstić information content (AvgIpc) is 2.13. The molecule has 0 aliphatic heterocycles. The highest BCUT2D eigenvalue weighted by molar-refractivity contribution is 5.77. The first-order valence-corrected chi connectivity index (χ1v) is 5.10. The lowest BCUT2D eigenvalue weighted by atomic mass is 9.70. The Labute approximate surface area is 84.1 Å². The Morgan fingerprint density at radius 3 is 2.50 bits per heavy atom. The Balaban J connectivity index is 1.96. The van der Waals surface area contributed by atoms with Crippen LogP contribution >= 0.6 is 0 Å². The van der Waals surface area contributed by atoms with Gasteiger partial charge in [-0.1, -0.05) is 30.3 Å². The Bertz CT molecular complexity index is 320. The zero-order valence-corrected chi connectivity index (χ0v) is 8.15. The number of primary amides is 1. The lowest BCUT2D eigenvalue weighted by Crippen LogP contribution is -2.38. The summed E-state index contributed by atoms with van der Waals surface area (Å²) in [5.41, 5.74) is 6.61. The van der Waals surface area contributed by atoms with Crippen LogP contribution in [0.2, 0.25) is 0 Å². The molecule has 1 aromatic carbocycles. The minimum atomic E-state index is -0.128. The SMILES string of the molecule is NC(=O)C1CCC1Cc1ccccc1. The quantitative estimate of drug-likeness (QED) is 0.773. The molecule has 0 heterocycles. The van der Waals surface area contributed by atoms with Crippen molar-refractivity contribution < 1.29 is 4.79 Å². The lowest BCUT2D eigenvalue weighted by molar-refractivity contribution is -0.126. The van der Waals surface area contributed by atoms with Crippen molar-refractivity contribution in [3.05, 3.63) is 35.9 Å². The molecule has 0 bridgehead atoms. The number of rotatable bonds is 3. The van der Waals surface area contributed by atoms with Crippen LogP contribution in [-0.2, 0) is 11.2 Å². The van der Waals surface area contributed by atoms with Gasteiger partial charge in [-0.2, -0.15) is 0 Å². The van der Waals surface area contributed by atoms with Crippen LogP contribution < -0.4 is 5.73 Å². The average molecular weight is 189 g/mol. The molecule has 14 heavy (non-hydrogen) atoms. The van der Waals surface area contributed by atoms with Gasteiger partial charge in [-0.05, 0) is 30.7 Å². The van der Waals surface area contributed by atoms with Crippen molar-refractivity contribution >= 4 is 5.91 Å². The Kier molecular flexibility index (Phi) is 2.53. The van der Waals surface area contributed by atoms with Gasteiger partial charge in [0.05, 0.1) is 0 Å². The Morgan fingerprint density at radius 2 is 2.00 bits per heavy atom. The number of benzene rings is 1. The Hall–Kier alpha value is -1.31. The number of hydrogen-bond donors (Lipinski definition) is 1. The van der Waals surface area contributed by atoms with Crippen LogP contribution in [0.25, 0.3) is 0 Å². The zero-order chi connectivity index (χ0) is 9.97. The summed E-state index contributed by atoms with van der Waals surface area (Å²) in [6, 6.07) is 10.3. The molecule has 2 atom stereocenters. The van der Waals surface area contributed by atoms with Gasteiger partial charge in [-0.3, -0.25) is 4.79 Å². The van der Waals surface area contributed by atoms with E-state index in [0.29, 0.717) is 5.92 Å². The fraction of sp³-hybridized carbons (Fsp3) is 0.417. The highest BCUT2D eigenvalue weighted by Crippen LogP contribution is 2.36. The zero-order valence-electron chi connectivity index (χ0n) is 8.15. The number of carbonyl (C=O) groups is 1. The first kappa shape index (κ1) is 9.25. The van der Waals surface area contributed by atoms with E-state index in [4.69, 9.17) is 5.73 Å². The summed E-state index contributed by atoms with van der Waals surface area (Å²) in [6.07, 6.45) is 3.11. The molecule has 2 N–H and O–H groups in total. The van der Waals surface area contributed by atoms with E-state index in [1.165, 1.54) is 5.56 Å². The molecule has 1 aliphatic carbocycles. The highest BCUT2D eigenvalue weighted by Gasteiger charge is 2.34. The molecule has 0 radical (unpaired) electrons. The monoisotopic (exact) mass is 189 g/mol. The molecule has 2 rings (SSSR count). The topological polar surface area (TPSA) is 43.1 Å². The summed E-state index contributed by atoms with van der Waals surface area (Å²) in [5, 5.41) is 0. The second kappa shape index (κ2) is 3.82. The van der Waals surface area contributed by atoms with Gasteiger partial charge in [0.15, 0.2) is 0 Å². The van der Waals surface area contributed by atoms with Crippen LogP contribution in [-0.4, -0.2) is 5.91 Å². The second-order valence-electron chi connectivity index (χ2n) is 4.04. The smallest absolute Gasteiger partial charge is 0.220 e. The number of carbonyl (C=O) groups excluding carboxylic acids is 1. The molecule has 2 unspecified atom stereocenters. The van der Waals surface area contributed by atoms with Crippen molar-refractivity contribution in [2.24, 2.45) is 17.6 Å².